The largest absolute Gasteiger partial charge is 0.373 e. The number of imide groups is 1. The number of fused-ring (bicyclic) bond motifs is 5. The van der Waals surface area contributed by atoms with E-state index in [1.807, 2.05) is 0 Å². The zero-order valence-electron chi connectivity index (χ0n) is 13.8. The van der Waals surface area contributed by atoms with Crippen LogP contribution in [-0.4, -0.2) is 35.5 Å². The van der Waals surface area contributed by atoms with Gasteiger partial charge < -0.3 is 4.74 Å². The zero-order valence-corrected chi connectivity index (χ0v) is 13.8. The van der Waals surface area contributed by atoms with E-state index in [1.165, 1.54) is 38.5 Å². The summed E-state index contributed by atoms with van der Waals surface area (Å²) in [5.41, 5.74) is 0. The average molecular weight is 307 g/mol. The van der Waals surface area contributed by atoms with E-state index in [4.69, 9.17) is 4.74 Å². The number of hydrogen-bond acceptors (Lipinski definition) is 3. The van der Waals surface area contributed by atoms with Gasteiger partial charge in [-0.3, -0.25) is 14.5 Å². The number of unbranched alkanes of at least 4 members (excludes halogenated alkanes) is 7. The highest BCUT2D eigenvalue weighted by atomic mass is 16.5. The molecule has 22 heavy (non-hydrogen) atoms. The molecule has 0 aromatic carbocycles. The van der Waals surface area contributed by atoms with Gasteiger partial charge in [0, 0.05) is 6.54 Å². The minimum atomic E-state index is -0.153. The van der Waals surface area contributed by atoms with Crippen LogP contribution in [0.5, 0.6) is 0 Å². The average Bonchev–Trinajstić information content (AvgIpc) is 3.18. The molecule has 2 amide bonds. The van der Waals surface area contributed by atoms with E-state index in [0.29, 0.717) is 6.54 Å². The van der Waals surface area contributed by atoms with E-state index < -0.39 is 0 Å². The van der Waals surface area contributed by atoms with Crippen molar-refractivity contribution in [2.45, 2.75) is 83.3 Å². The van der Waals surface area contributed by atoms with Gasteiger partial charge in [0.05, 0.1) is 24.0 Å². The van der Waals surface area contributed by atoms with E-state index in [1.54, 1.807) is 4.90 Å². The second kappa shape index (κ2) is 7.12. The number of ether oxygens (including phenoxy) is 1. The van der Waals surface area contributed by atoms with Crippen molar-refractivity contribution in [1.29, 1.82) is 0 Å². The third kappa shape index (κ3) is 2.94. The normalized spacial score (nSPS) is 33.0. The summed E-state index contributed by atoms with van der Waals surface area (Å²) in [6.45, 7) is 2.86. The van der Waals surface area contributed by atoms with Gasteiger partial charge in [-0.25, -0.2) is 0 Å². The Morgan fingerprint density at radius 2 is 1.36 bits per heavy atom. The fraction of sp³-hybridized carbons (Fsp3) is 0.889. The third-order valence-corrected chi connectivity index (χ3v) is 5.61. The smallest absolute Gasteiger partial charge is 0.235 e. The fourth-order valence-electron chi connectivity index (χ4n) is 4.40. The van der Waals surface area contributed by atoms with Gasteiger partial charge in [0.15, 0.2) is 0 Å². The molecule has 0 aromatic heterocycles. The molecule has 3 rings (SSSR count). The van der Waals surface area contributed by atoms with Gasteiger partial charge >= 0.3 is 0 Å². The molecule has 0 radical (unpaired) electrons. The van der Waals surface area contributed by atoms with Crippen molar-refractivity contribution in [2.24, 2.45) is 11.8 Å². The Kier molecular flexibility index (Phi) is 5.17. The van der Waals surface area contributed by atoms with Gasteiger partial charge in [-0.05, 0) is 19.3 Å². The lowest BCUT2D eigenvalue weighted by Gasteiger charge is -2.17. The Hall–Kier alpha value is -0.900. The lowest BCUT2D eigenvalue weighted by atomic mass is 9.81. The maximum Gasteiger partial charge on any atom is 0.235 e. The van der Waals surface area contributed by atoms with Crippen molar-refractivity contribution in [3.05, 3.63) is 0 Å². The van der Waals surface area contributed by atoms with Crippen LogP contribution in [0.15, 0.2) is 0 Å². The Bertz CT molecular complexity index is 395. The molecule has 0 N–H and O–H groups in total. The van der Waals surface area contributed by atoms with Crippen LogP contribution in [0.4, 0.5) is 0 Å². The van der Waals surface area contributed by atoms with E-state index in [2.05, 4.69) is 6.92 Å². The van der Waals surface area contributed by atoms with Gasteiger partial charge in [0.25, 0.3) is 0 Å². The second-order valence-corrected chi connectivity index (χ2v) is 7.14. The molecular formula is C18H29NO3. The van der Waals surface area contributed by atoms with Crippen LogP contribution in [0.3, 0.4) is 0 Å². The molecule has 3 aliphatic rings. The van der Waals surface area contributed by atoms with Crippen molar-refractivity contribution >= 4 is 11.8 Å². The third-order valence-electron chi connectivity index (χ3n) is 5.61. The Morgan fingerprint density at radius 1 is 0.864 bits per heavy atom. The number of likely N-dealkylation sites (tertiary alicyclic amines) is 1. The molecule has 0 aromatic rings. The molecule has 2 unspecified atom stereocenters. The zero-order chi connectivity index (χ0) is 15.5. The lowest BCUT2D eigenvalue weighted by molar-refractivity contribution is -0.142. The lowest BCUT2D eigenvalue weighted by Crippen LogP contribution is -2.35. The van der Waals surface area contributed by atoms with E-state index in [-0.39, 0.29) is 35.9 Å². The first-order valence-electron chi connectivity index (χ1n) is 9.24. The monoisotopic (exact) mass is 307 g/mol. The Labute approximate surface area is 133 Å². The van der Waals surface area contributed by atoms with E-state index >= 15 is 0 Å². The summed E-state index contributed by atoms with van der Waals surface area (Å²) in [6, 6.07) is 0. The molecule has 0 saturated carbocycles. The maximum atomic E-state index is 12.5. The number of rotatable bonds is 9. The number of carbonyl (C=O) groups is 2. The summed E-state index contributed by atoms with van der Waals surface area (Å²) in [5.74, 6) is -0.212. The minimum Gasteiger partial charge on any atom is -0.373 e. The molecule has 0 spiro atoms. The van der Waals surface area contributed by atoms with Crippen molar-refractivity contribution in [2.75, 3.05) is 6.54 Å². The SMILES string of the molecule is CCCCCCCCCCN1C(=O)C2C(C1=O)[C@H]1CC[C@H]2O1. The molecule has 3 aliphatic heterocycles. The predicted octanol–water partition coefficient (Wildman–Crippen LogP) is 3.29. The van der Waals surface area contributed by atoms with Gasteiger partial charge in [-0.1, -0.05) is 51.9 Å². The van der Waals surface area contributed by atoms with Crippen molar-refractivity contribution in [3.63, 3.8) is 0 Å². The van der Waals surface area contributed by atoms with Gasteiger partial charge in [-0.2, -0.15) is 0 Å². The summed E-state index contributed by atoms with van der Waals surface area (Å²) in [6.07, 6.45) is 11.8. The first-order valence-corrected chi connectivity index (χ1v) is 9.24. The molecule has 124 valence electrons. The van der Waals surface area contributed by atoms with E-state index in [9.17, 15) is 9.59 Å². The highest BCUT2D eigenvalue weighted by Crippen LogP contribution is 2.48. The topological polar surface area (TPSA) is 46.6 Å². The van der Waals surface area contributed by atoms with Crippen LogP contribution in [-0.2, 0) is 14.3 Å². The number of amides is 2. The highest BCUT2D eigenvalue weighted by molar-refractivity contribution is 6.06. The molecule has 4 atom stereocenters. The van der Waals surface area contributed by atoms with Crippen LogP contribution in [0.1, 0.15) is 71.1 Å². The summed E-state index contributed by atoms with van der Waals surface area (Å²) < 4.78 is 5.75. The van der Waals surface area contributed by atoms with Crippen LogP contribution in [0.25, 0.3) is 0 Å². The summed E-state index contributed by atoms with van der Waals surface area (Å²) in [5, 5.41) is 0. The summed E-state index contributed by atoms with van der Waals surface area (Å²) in [7, 11) is 0. The van der Waals surface area contributed by atoms with Crippen molar-refractivity contribution in [1.82, 2.24) is 4.90 Å². The predicted molar refractivity (Wildman–Crippen MR) is 84.2 cm³/mol. The molecular weight excluding hydrogens is 278 g/mol. The molecule has 3 fully saturated rings. The van der Waals surface area contributed by atoms with Gasteiger partial charge in [-0.15, -0.1) is 0 Å². The maximum absolute atomic E-state index is 12.5. The highest BCUT2D eigenvalue weighted by Gasteiger charge is 2.62. The quantitative estimate of drug-likeness (QED) is 0.485. The van der Waals surface area contributed by atoms with Gasteiger partial charge in [0.1, 0.15) is 0 Å². The number of nitrogens with zero attached hydrogens (tertiary/aromatic N) is 1. The minimum absolute atomic E-state index is 0.0232. The Morgan fingerprint density at radius 3 is 1.91 bits per heavy atom. The van der Waals surface area contributed by atoms with Crippen LogP contribution in [0, 0.1) is 11.8 Å². The van der Waals surface area contributed by atoms with E-state index in [0.717, 1.165) is 25.7 Å². The molecule has 4 heteroatoms. The second-order valence-electron chi connectivity index (χ2n) is 7.14. The van der Waals surface area contributed by atoms with Gasteiger partial charge in [0.2, 0.25) is 11.8 Å². The summed E-state index contributed by atoms with van der Waals surface area (Å²) >= 11 is 0. The van der Waals surface area contributed by atoms with Crippen molar-refractivity contribution in [3.8, 4) is 0 Å². The van der Waals surface area contributed by atoms with Crippen molar-refractivity contribution < 1.29 is 14.3 Å². The first-order chi connectivity index (χ1) is 10.7. The summed E-state index contributed by atoms with van der Waals surface area (Å²) in [4.78, 5) is 26.4. The molecule has 2 bridgehead atoms. The first kappa shape index (κ1) is 16.0. The molecule has 0 aliphatic carbocycles. The van der Waals surface area contributed by atoms with Crippen LogP contribution >= 0.6 is 0 Å². The molecule has 3 heterocycles. The fourth-order valence-corrected chi connectivity index (χ4v) is 4.40. The number of hydrogen-bond donors (Lipinski definition) is 0. The van der Waals surface area contributed by atoms with Crippen LogP contribution in [0.2, 0.25) is 0 Å². The molecule has 4 nitrogen and oxygen atoms in total. The molecule has 3 saturated heterocycles. The Balaban J connectivity index is 1.37. The van der Waals surface area contributed by atoms with Crippen LogP contribution < -0.4 is 0 Å². The standard InChI is InChI=1S/C18H29NO3/c1-2-3-4-5-6-7-8-9-12-19-17(20)15-13-10-11-14(22-13)16(15)18(19)21/h13-16H,2-12H2,1H3/t13-,14-,15?,16?/m1/s1. The number of carbonyl (C=O) groups excluding carboxylic acids is 2.